The van der Waals surface area contributed by atoms with Crippen molar-refractivity contribution in [3.8, 4) is 11.5 Å². The zero-order chi connectivity index (χ0) is 19.6. The molecule has 0 bridgehead atoms. The number of aryl methyl sites for hydroxylation is 2. The molecule has 3 rings (SSSR count). The molecule has 1 aliphatic rings. The highest BCUT2D eigenvalue weighted by atomic mass is 16.5. The normalized spacial score (nSPS) is 16.4. The lowest BCUT2D eigenvalue weighted by Crippen LogP contribution is -2.33. The van der Waals surface area contributed by atoms with Crippen molar-refractivity contribution in [1.29, 1.82) is 0 Å². The fourth-order valence-electron chi connectivity index (χ4n) is 3.20. The van der Waals surface area contributed by atoms with E-state index in [0.717, 1.165) is 11.3 Å². The second-order valence-corrected chi connectivity index (χ2v) is 6.66. The van der Waals surface area contributed by atoms with Gasteiger partial charge in [-0.2, -0.15) is 0 Å². The number of hydrogen-bond acceptors (Lipinski definition) is 4. The second-order valence-electron chi connectivity index (χ2n) is 6.66. The number of amides is 2. The Morgan fingerprint density at radius 3 is 2.52 bits per heavy atom. The number of hydrogen-bond donors (Lipinski definition) is 1. The number of methoxy groups -OCH3 is 2. The van der Waals surface area contributed by atoms with Gasteiger partial charge in [-0.15, -0.1) is 0 Å². The Kier molecular flexibility index (Phi) is 5.35. The predicted octanol–water partition coefficient (Wildman–Crippen LogP) is 3.31. The molecule has 6 heteroatoms. The summed E-state index contributed by atoms with van der Waals surface area (Å²) < 4.78 is 10.5. The summed E-state index contributed by atoms with van der Waals surface area (Å²) in [6.07, 6.45) is 0.476. The summed E-state index contributed by atoms with van der Waals surface area (Å²) in [6, 6.07) is 11.0. The third-order valence-electron chi connectivity index (χ3n) is 4.99. The van der Waals surface area contributed by atoms with Gasteiger partial charge in [0, 0.05) is 18.3 Å². The van der Waals surface area contributed by atoms with Crippen molar-refractivity contribution < 1.29 is 19.1 Å². The summed E-state index contributed by atoms with van der Waals surface area (Å²) in [5, 5.41) is 2.81. The summed E-state index contributed by atoms with van der Waals surface area (Å²) in [5.74, 6) is -0.126. The van der Waals surface area contributed by atoms with Crippen molar-refractivity contribution in [1.82, 2.24) is 0 Å². The van der Waals surface area contributed by atoms with Crippen LogP contribution in [0.3, 0.4) is 0 Å². The molecule has 6 nitrogen and oxygen atoms in total. The van der Waals surface area contributed by atoms with E-state index in [1.165, 1.54) is 12.7 Å². The van der Waals surface area contributed by atoms with Gasteiger partial charge in [-0.25, -0.2) is 0 Å². The van der Waals surface area contributed by atoms with Crippen LogP contribution in [0.4, 0.5) is 11.4 Å². The standard InChI is InChI=1S/C21H24N2O4/c1-13-5-6-15(11-14(13)2)23-10-9-17(21(23)25)20(24)22-18-12-16(26-3)7-8-19(18)27-4/h5-8,11-12,17H,9-10H2,1-4H3,(H,22,24). The Labute approximate surface area is 159 Å². The molecule has 1 atom stereocenters. The smallest absolute Gasteiger partial charge is 0.239 e. The van der Waals surface area contributed by atoms with Crippen LogP contribution in [0.5, 0.6) is 11.5 Å². The monoisotopic (exact) mass is 368 g/mol. The van der Waals surface area contributed by atoms with Crippen molar-refractivity contribution in [3.05, 3.63) is 47.5 Å². The molecule has 0 aromatic heterocycles. The highest BCUT2D eigenvalue weighted by molar-refractivity contribution is 6.13. The third-order valence-corrected chi connectivity index (χ3v) is 4.99. The topological polar surface area (TPSA) is 67.9 Å². The van der Waals surface area contributed by atoms with Gasteiger partial charge in [0.05, 0.1) is 19.9 Å². The molecule has 27 heavy (non-hydrogen) atoms. The van der Waals surface area contributed by atoms with E-state index in [1.807, 2.05) is 32.0 Å². The van der Waals surface area contributed by atoms with Crippen LogP contribution >= 0.6 is 0 Å². The van der Waals surface area contributed by atoms with Gasteiger partial charge in [0.15, 0.2) is 0 Å². The van der Waals surface area contributed by atoms with Crippen molar-refractivity contribution in [2.45, 2.75) is 20.3 Å². The molecule has 1 saturated heterocycles. The van der Waals surface area contributed by atoms with E-state index in [-0.39, 0.29) is 11.8 Å². The zero-order valence-corrected chi connectivity index (χ0v) is 16.0. The molecule has 142 valence electrons. The van der Waals surface area contributed by atoms with Crippen LogP contribution < -0.4 is 19.7 Å². The highest BCUT2D eigenvalue weighted by Gasteiger charge is 2.38. The lowest BCUT2D eigenvalue weighted by atomic mass is 10.1. The van der Waals surface area contributed by atoms with Crippen LogP contribution in [0, 0.1) is 19.8 Å². The number of anilines is 2. The first-order valence-electron chi connectivity index (χ1n) is 8.86. The molecule has 1 unspecified atom stereocenters. The summed E-state index contributed by atoms with van der Waals surface area (Å²) in [7, 11) is 3.08. The molecule has 2 aromatic rings. The Morgan fingerprint density at radius 2 is 1.85 bits per heavy atom. The van der Waals surface area contributed by atoms with Gasteiger partial charge in [-0.05, 0) is 55.7 Å². The van der Waals surface area contributed by atoms with Gasteiger partial charge in [-0.3, -0.25) is 9.59 Å². The SMILES string of the molecule is COc1ccc(OC)c(NC(=O)C2CCN(c3ccc(C)c(C)c3)C2=O)c1. The van der Waals surface area contributed by atoms with E-state index in [2.05, 4.69) is 5.32 Å². The van der Waals surface area contributed by atoms with Gasteiger partial charge in [0.2, 0.25) is 11.8 Å². The Balaban J connectivity index is 1.77. The number of carbonyl (C=O) groups excluding carboxylic acids is 2. The molecule has 1 fully saturated rings. The lowest BCUT2D eigenvalue weighted by Gasteiger charge is -2.18. The van der Waals surface area contributed by atoms with E-state index in [0.29, 0.717) is 30.2 Å². The van der Waals surface area contributed by atoms with Crippen LogP contribution in [0.1, 0.15) is 17.5 Å². The molecule has 1 aliphatic heterocycles. The third kappa shape index (κ3) is 3.74. The molecular formula is C21H24N2O4. The minimum absolute atomic E-state index is 0.183. The van der Waals surface area contributed by atoms with E-state index >= 15 is 0 Å². The number of ether oxygens (including phenoxy) is 2. The average molecular weight is 368 g/mol. The van der Waals surface area contributed by atoms with Crippen LogP contribution in [-0.4, -0.2) is 32.6 Å². The molecule has 1 N–H and O–H groups in total. The fraction of sp³-hybridized carbons (Fsp3) is 0.333. The summed E-state index contributed by atoms with van der Waals surface area (Å²) >= 11 is 0. The van der Waals surface area contributed by atoms with Gasteiger partial charge >= 0.3 is 0 Å². The summed E-state index contributed by atoms with van der Waals surface area (Å²) in [5.41, 5.74) is 3.61. The van der Waals surface area contributed by atoms with Gasteiger partial charge in [0.25, 0.3) is 0 Å². The fourth-order valence-corrected chi connectivity index (χ4v) is 3.20. The van der Waals surface area contributed by atoms with E-state index < -0.39 is 5.92 Å². The van der Waals surface area contributed by atoms with Crippen LogP contribution in [-0.2, 0) is 9.59 Å². The van der Waals surface area contributed by atoms with Gasteiger partial charge in [-0.1, -0.05) is 6.07 Å². The maximum absolute atomic E-state index is 12.8. The van der Waals surface area contributed by atoms with E-state index in [1.54, 1.807) is 30.2 Å². The second kappa shape index (κ2) is 7.70. The Hall–Kier alpha value is -3.02. The molecule has 0 radical (unpaired) electrons. The van der Waals surface area contributed by atoms with E-state index in [4.69, 9.17) is 9.47 Å². The molecule has 2 aromatic carbocycles. The Bertz CT molecular complexity index is 878. The number of nitrogens with one attached hydrogen (secondary N) is 1. The van der Waals surface area contributed by atoms with Crippen molar-refractivity contribution in [2.75, 3.05) is 31.0 Å². The summed E-state index contributed by atoms with van der Waals surface area (Å²) in [4.78, 5) is 27.2. The minimum atomic E-state index is -0.720. The first kappa shape index (κ1) is 18.8. The van der Waals surface area contributed by atoms with Crippen molar-refractivity contribution >= 4 is 23.2 Å². The first-order chi connectivity index (χ1) is 12.9. The minimum Gasteiger partial charge on any atom is -0.497 e. The Morgan fingerprint density at radius 1 is 1.07 bits per heavy atom. The van der Waals surface area contributed by atoms with Gasteiger partial charge in [0.1, 0.15) is 17.4 Å². The lowest BCUT2D eigenvalue weighted by molar-refractivity contribution is -0.129. The zero-order valence-electron chi connectivity index (χ0n) is 16.0. The van der Waals surface area contributed by atoms with Crippen LogP contribution in [0.25, 0.3) is 0 Å². The molecule has 0 aliphatic carbocycles. The molecule has 0 saturated carbocycles. The number of benzene rings is 2. The maximum atomic E-state index is 12.8. The van der Waals surface area contributed by atoms with Gasteiger partial charge < -0.3 is 19.7 Å². The molecule has 2 amide bonds. The highest BCUT2D eigenvalue weighted by Crippen LogP contribution is 2.31. The summed E-state index contributed by atoms with van der Waals surface area (Å²) in [6.45, 7) is 4.57. The maximum Gasteiger partial charge on any atom is 0.239 e. The van der Waals surface area contributed by atoms with Crippen molar-refractivity contribution in [2.24, 2.45) is 5.92 Å². The van der Waals surface area contributed by atoms with Crippen molar-refractivity contribution in [3.63, 3.8) is 0 Å². The number of rotatable bonds is 5. The largest absolute Gasteiger partial charge is 0.497 e. The molecule has 0 spiro atoms. The van der Waals surface area contributed by atoms with Crippen LogP contribution in [0.15, 0.2) is 36.4 Å². The van der Waals surface area contributed by atoms with Crippen LogP contribution in [0.2, 0.25) is 0 Å². The quantitative estimate of drug-likeness (QED) is 0.822. The van der Waals surface area contributed by atoms with E-state index in [9.17, 15) is 9.59 Å². The molecular weight excluding hydrogens is 344 g/mol. The first-order valence-corrected chi connectivity index (χ1v) is 8.86. The molecule has 1 heterocycles. The predicted molar refractivity (Wildman–Crippen MR) is 105 cm³/mol. The average Bonchev–Trinajstić information content (AvgIpc) is 3.05. The number of carbonyl (C=O) groups is 2. The number of nitrogens with zero attached hydrogens (tertiary/aromatic N) is 1.